The van der Waals surface area contributed by atoms with Crippen LogP contribution in [0.1, 0.15) is 114 Å². The molecule has 3 aliphatic rings. The predicted octanol–water partition coefficient (Wildman–Crippen LogP) is 7.04. The van der Waals surface area contributed by atoms with Crippen molar-refractivity contribution < 1.29 is 38.6 Å². The molecule has 0 radical (unpaired) electrons. The van der Waals surface area contributed by atoms with Crippen molar-refractivity contribution in [3.05, 3.63) is 105 Å². The molecule has 4 heterocycles. The lowest BCUT2D eigenvalue weighted by Crippen LogP contribution is -2.57. The molecular formula is C60H78N10O8S. The Kier molecular flexibility index (Phi) is 20.6. The highest BCUT2D eigenvalue weighted by atomic mass is 32.1. The summed E-state index contributed by atoms with van der Waals surface area (Å²) < 4.78 is 5.66. The van der Waals surface area contributed by atoms with Crippen LogP contribution in [-0.4, -0.2) is 150 Å². The van der Waals surface area contributed by atoms with Gasteiger partial charge in [-0.25, -0.2) is 9.97 Å². The fraction of sp³-hybridized carbons (Fsp3) is 0.483. The first-order valence-electron chi connectivity index (χ1n) is 27.4. The summed E-state index contributed by atoms with van der Waals surface area (Å²) in [5.41, 5.74) is 9.88. The molecule has 3 atom stereocenters. The van der Waals surface area contributed by atoms with Crippen LogP contribution in [0, 0.1) is 17.7 Å². The number of ether oxygens (including phenoxy) is 1. The van der Waals surface area contributed by atoms with E-state index in [-0.39, 0.29) is 81.4 Å². The van der Waals surface area contributed by atoms with E-state index in [1.807, 2.05) is 122 Å². The van der Waals surface area contributed by atoms with Crippen LogP contribution >= 0.6 is 11.3 Å². The molecular weight excluding hydrogens is 1020 g/mol. The number of amides is 4. The summed E-state index contributed by atoms with van der Waals surface area (Å²) in [6.07, 6.45) is 5.21. The quantitative estimate of drug-likeness (QED) is 0.0235. The van der Waals surface area contributed by atoms with Crippen LogP contribution in [0.4, 0.5) is 11.5 Å². The minimum atomic E-state index is -0.969. The van der Waals surface area contributed by atoms with Crippen molar-refractivity contribution in [3.8, 4) is 21.6 Å². The molecule has 6 N–H and O–H groups in total. The Morgan fingerprint density at radius 1 is 0.899 bits per heavy atom. The Morgan fingerprint density at radius 2 is 1.61 bits per heavy atom. The van der Waals surface area contributed by atoms with Crippen molar-refractivity contribution in [2.24, 2.45) is 5.41 Å². The molecule has 2 aromatic heterocycles. The maximum atomic E-state index is 14.0. The van der Waals surface area contributed by atoms with Crippen LogP contribution in [0.15, 0.2) is 83.0 Å². The number of benzene rings is 2. The van der Waals surface area contributed by atoms with E-state index >= 15 is 0 Å². The van der Waals surface area contributed by atoms with Gasteiger partial charge < -0.3 is 46.3 Å². The maximum Gasteiger partial charge on any atom is 0.246 e. The molecule has 18 nitrogen and oxygen atoms in total. The van der Waals surface area contributed by atoms with Crippen molar-refractivity contribution >= 4 is 64.3 Å². The van der Waals surface area contributed by atoms with Crippen molar-refractivity contribution in [2.45, 2.75) is 125 Å². The average Bonchev–Trinajstić information content (AvgIpc) is 4.03. The van der Waals surface area contributed by atoms with Gasteiger partial charge in [-0.15, -0.1) is 11.3 Å². The third kappa shape index (κ3) is 16.1. The first-order valence-corrected chi connectivity index (χ1v) is 28.3. The first-order chi connectivity index (χ1) is 37.7. The van der Waals surface area contributed by atoms with Gasteiger partial charge in [0.05, 0.1) is 35.4 Å². The fourth-order valence-corrected chi connectivity index (χ4v) is 11.1. The number of carbonyl (C=O) groups is 6. The highest BCUT2D eigenvalue weighted by Crippen LogP contribution is 2.33. The summed E-state index contributed by atoms with van der Waals surface area (Å²) in [6.45, 7) is 19.9. The topological polar surface area (TPSA) is 239 Å². The van der Waals surface area contributed by atoms with Gasteiger partial charge in [-0.2, -0.15) is 0 Å². The Hall–Kier alpha value is -6.93. The summed E-state index contributed by atoms with van der Waals surface area (Å²) >= 11 is 1.57. The molecule has 2 aliphatic heterocycles. The van der Waals surface area contributed by atoms with Gasteiger partial charge in [-0.05, 0) is 98.6 Å². The standard InChI is InChI=1S/C60H78N10O8S/c1-37(2)66-49-30-44(29-47(48(49)32-61)51(72)15-14-46-39(4)27-38(3)28-52(46)73)43-13-16-53(63-34-43)69-23-21-68(22-24-69)20-19-62-54(74)17-25-78-26-18-55(75)67-57(60(6,7)8)59(77)70-35-45(71)31-50(70)58(76)64-33-41-9-11-42(12-10-41)56-40(5)65-36-79-56/h9-13,16,27,29-30,32,34,36-37,45,50,57,61,66,71H,14-15,17-26,28,31,33,35H2,1-8H3,(H,62,74)(H,64,76)(H,67,75)/t45-,50+,57-/m1/s1. The largest absolute Gasteiger partial charge is 0.391 e. The number of Topliss-reactive ketones (excluding diaryl/α,β-unsaturated/α-hetero) is 2. The second-order valence-electron chi connectivity index (χ2n) is 22.2. The number of thiazole rings is 1. The third-order valence-electron chi connectivity index (χ3n) is 14.6. The van der Waals surface area contributed by atoms with Gasteiger partial charge in [0.2, 0.25) is 23.6 Å². The molecule has 79 heavy (non-hydrogen) atoms. The molecule has 0 saturated carbocycles. The molecule has 0 bridgehead atoms. The second-order valence-corrected chi connectivity index (χ2v) is 23.1. The predicted molar refractivity (Wildman–Crippen MR) is 309 cm³/mol. The molecule has 0 unspecified atom stereocenters. The number of aliphatic hydroxyl groups is 1. The van der Waals surface area contributed by atoms with E-state index in [1.54, 1.807) is 11.3 Å². The van der Waals surface area contributed by atoms with Gasteiger partial charge in [-0.3, -0.25) is 33.7 Å². The van der Waals surface area contributed by atoms with E-state index in [0.29, 0.717) is 48.3 Å². The van der Waals surface area contributed by atoms with Gasteiger partial charge in [0, 0.05) is 125 Å². The molecule has 4 amide bonds. The van der Waals surface area contributed by atoms with Crippen LogP contribution < -0.4 is 26.2 Å². The van der Waals surface area contributed by atoms with Gasteiger partial charge in [-0.1, -0.05) is 56.7 Å². The van der Waals surface area contributed by atoms with E-state index < -0.39 is 35.4 Å². The highest BCUT2D eigenvalue weighted by Gasteiger charge is 2.44. The van der Waals surface area contributed by atoms with Crippen molar-refractivity contribution in [1.29, 1.82) is 5.41 Å². The number of carbonyl (C=O) groups excluding carboxylic acids is 6. The van der Waals surface area contributed by atoms with Gasteiger partial charge >= 0.3 is 0 Å². The van der Waals surface area contributed by atoms with Crippen LogP contribution in [0.3, 0.4) is 0 Å². The van der Waals surface area contributed by atoms with Gasteiger partial charge in [0.15, 0.2) is 11.6 Å². The summed E-state index contributed by atoms with van der Waals surface area (Å²) in [7, 11) is 0. The lowest BCUT2D eigenvalue weighted by atomic mass is 9.85. The minimum Gasteiger partial charge on any atom is -0.391 e. The molecule has 2 saturated heterocycles. The SMILES string of the molecule is CC1=CC(C)=C(CCC(=O)c2cc(-c3ccc(N4CCN(CCNC(=O)CCOCCC(=O)N[C@H](C(=O)N5C[C@H](O)C[C@H]5C(=O)NCc5ccc(-c6scnc6C)cc5)C(C)(C)C)CC4)nc3)cc(NC(C)C)c2C=N)C(=O)C1. The number of hydrogen-bond donors (Lipinski definition) is 6. The van der Waals surface area contributed by atoms with E-state index in [0.717, 1.165) is 76.0 Å². The number of hydrogen-bond acceptors (Lipinski definition) is 15. The normalized spacial score (nSPS) is 17.4. The van der Waals surface area contributed by atoms with Crippen LogP contribution in [0.2, 0.25) is 0 Å². The van der Waals surface area contributed by atoms with Crippen LogP contribution in [0.5, 0.6) is 0 Å². The van der Waals surface area contributed by atoms with E-state index in [4.69, 9.17) is 15.1 Å². The lowest BCUT2D eigenvalue weighted by Gasteiger charge is -2.35. The number of pyridine rings is 1. The molecule has 0 spiro atoms. The summed E-state index contributed by atoms with van der Waals surface area (Å²) in [6, 6.07) is 13.8. The number of β-amino-alcohol motifs (C(OH)–C–C–N with tert-alkyl or cyclic N) is 1. The number of nitrogens with one attached hydrogen (secondary N) is 5. The zero-order valence-corrected chi connectivity index (χ0v) is 47.8. The molecule has 4 aromatic rings. The van der Waals surface area contributed by atoms with Crippen molar-refractivity contribution in [1.82, 2.24) is 35.7 Å². The molecule has 1 aliphatic carbocycles. The number of rotatable bonds is 24. The Bertz CT molecular complexity index is 2920. The van der Waals surface area contributed by atoms with E-state index in [1.165, 1.54) is 11.1 Å². The smallest absolute Gasteiger partial charge is 0.246 e. The minimum absolute atomic E-state index is 0.0278. The van der Waals surface area contributed by atoms with Gasteiger partial charge in [0.25, 0.3) is 0 Å². The summed E-state index contributed by atoms with van der Waals surface area (Å²) in [5, 5.41) is 31.0. The number of aliphatic hydroxyl groups excluding tert-OH is 1. The van der Waals surface area contributed by atoms with Crippen LogP contribution in [-0.2, 0) is 35.3 Å². The van der Waals surface area contributed by atoms with Crippen molar-refractivity contribution in [2.75, 3.05) is 69.2 Å². The number of aryl methyl sites for hydroxylation is 1. The number of aromatic nitrogens is 2. The molecule has 19 heteroatoms. The molecule has 422 valence electrons. The summed E-state index contributed by atoms with van der Waals surface area (Å²) in [4.78, 5) is 96.2. The highest BCUT2D eigenvalue weighted by molar-refractivity contribution is 7.13. The van der Waals surface area contributed by atoms with E-state index in [2.05, 4.69) is 36.1 Å². The monoisotopic (exact) mass is 1100 g/mol. The zero-order chi connectivity index (χ0) is 57.0. The lowest BCUT2D eigenvalue weighted by molar-refractivity contribution is -0.144. The molecule has 2 fully saturated rings. The van der Waals surface area contributed by atoms with Crippen molar-refractivity contribution in [3.63, 3.8) is 0 Å². The second kappa shape index (κ2) is 27.3. The number of ketones is 2. The maximum absolute atomic E-state index is 14.0. The number of anilines is 2. The number of allylic oxidation sites excluding steroid dienone is 4. The summed E-state index contributed by atoms with van der Waals surface area (Å²) in [5.74, 6) is -0.626. The number of nitrogens with zero attached hydrogens (tertiary/aromatic N) is 5. The first kappa shape index (κ1) is 59.7. The fourth-order valence-electron chi connectivity index (χ4n) is 10.3. The van der Waals surface area contributed by atoms with E-state index in [9.17, 15) is 33.9 Å². The Balaban J connectivity index is 0.805. The Labute approximate surface area is 468 Å². The zero-order valence-electron chi connectivity index (χ0n) is 47.0. The average molecular weight is 1100 g/mol. The molecule has 2 aromatic carbocycles. The third-order valence-corrected chi connectivity index (χ3v) is 15.5. The number of piperazine rings is 1. The van der Waals surface area contributed by atoms with Gasteiger partial charge in [0.1, 0.15) is 17.9 Å². The molecule has 7 rings (SSSR count). The number of likely N-dealkylation sites (tertiary alicyclic amines) is 1. The van der Waals surface area contributed by atoms with Crippen LogP contribution in [0.25, 0.3) is 21.6 Å². The Morgan fingerprint density at radius 3 is 2.24 bits per heavy atom.